The molecular formula is C11H11NO3. The van der Waals surface area contributed by atoms with Gasteiger partial charge in [0.15, 0.2) is 0 Å². The maximum atomic E-state index is 11.2. The van der Waals surface area contributed by atoms with Crippen molar-refractivity contribution in [1.29, 1.82) is 0 Å². The number of para-hydroxylation sites is 1. The molecule has 0 atom stereocenters. The molecule has 1 saturated carbocycles. The van der Waals surface area contributed by atoms with E-state index in [1.165, 1.54) is 0 Å². The van der Waals surface area contributed by atoms with Crippen LogP contribution in [0, 0.1) is 5.92 Å². The number of carbonyl (C=O) groups is 2. The zero-order chi connectivity index (χ0) is 10.7. The first-order valence-electron chi connectivity index (χ1n) is 4.83. The maximum absolute atomic E-state index is 11.2. The largest absolute Gasteiger partial charge is 0.419 e. The van der Waals surface area contributed by atoms with E-state index in [1.807, 2.05) is 6.07 Å². The number of benzene rings is 1. The number of rotatable bonds is 2. The molecule has 78 valence electrons. The minimum absolute atomic E-state index is 0.0634. The van der Waals surface area contributed by atoms with Gasteiger partial charge in [-0.1, -0.05) is 18.2 Å². The summed E-state index contributed by atoms with van der Waals surface area (Å²) in [5, 5.41) is 2.47. The predicted molar refractivity (Wildman–Crippen MR) is 54.3 cm³/mol. The van der Waals surface area contributed by atoms with Gasteiger partial charge in [-0.3, -0.25) is 10.1 Å². The van der Waals surface area contributed by atoms with E-state index in [9.17, 15) is 9.59 Å². The number of esters is 1. The van der Waals surface area contributed by atoms with Crippen LogP contribution in [0.3, 0.4) is 0 Å². The normalized spacial score (nSPS) is 14.4. The van der Waals surface area contributed by atoms with E-state index < -0.39 is 12.1 Å². The maximum Gasteiger partial charge on any atom is 0.419 e. The molecule has 0 aromatic heterocycles. The molecule has 0 spiro atoms. The Bertz CT molecular complexity index is 371. The average Bonchev–Trinajstić information content (AvgIpc) is 3.01. The second-order valence-corrected chi connectivity index (χ2v) is 3.47. The second kappa shape index (κ2) is 4.13. The Labute approximate surface area is 87.2 Å². The first kappa shape index (κ1) is 9.71. The zero-order valence-electron chi connectivity index (χ0n) is 8.10. The third-order valence-corrected chi connectivity index (χ3v) is 2.12. The molecule has 0 heterocycles. The SMILES string of the molecule is O=C(Nc1ccccc1)OC(=O)C1CC1. The van der Waals surface area contributed by atoms with E-state index in [1.54, 1.807) is 24.3 Å². The van der Waals surface area contributed by atoms with E-state index >= 15 is 0 Å². The fourth-order valence-corrected chi connectivity index (χ4v) is 1.16. The van der Waals surface area contributed by atoms with E-state index in [4.69, 9.17) is 0 Å². The minimum Gasteiger partial charge on any atom is -0.376 e. The highest BCUT2D eigenvalue weighted by atomic mass is 16.6. The molecule has 1 aromatic carbocycles. The lowest BCUT2D eigenvalue weighted by atomic mass is 10.3. The standard InChI is InChI=1S/C11H11NO3/c13-10(8-6-7-8)15-11(14)12-9-4-2-1-3-5-9/h1-5,8H,6-7H2,(H,12,14). The van der Waals surface area contributed by atoms with Crippen molar-refractivity contribution in [3.63, 3.8) is 0 Å². The van der Waals surface area contributed by atoms with Gasteiger partial charge in [-0.25, -0.2) is 4.79 Å². The summed E-state index contributed by atoms with van der Waals surface area (Å²) in [6.07, 6.45) is 0.952. The molecule has 1 aliphatic carbocycles. The molecule has 4 nitrogen and oxygen atoms in total. The summed E-state index contributed by atoms with van der Waals surface area (Å²) in [5.41, 5.74) is 0.617. The smallest absolute Gasteiger partial charge is 0.376 e. The third kappa shape index (κ3) is 2.80. The van der Waals surface area contributed by atoms with Crippen molar-refractivity contribution in [2.24, 2.45) is 5.92 Å². The van der Waals surface area contributed by atoms with Crippen LogP contribution in [0.1, 0.15) is 12.8 Å². The summed E-state index contributed by atoms with van der Waals surface area (Å²) in [6, 6.07) is 8.87. The van der Waals surface area contributed by atoms with Gasteiger partial charge in [0.1, 0.15) is 0 Å². The van der Waals surface area contributed by atoms with E-state index in [0.717, 1.165) is 12.8 Å². The van der Waals surface area contributed by atoms with Crippen LogP contribution in [0.4, 0.5) is 10.5 Å². The van der Waals surface area contributed by atoms with Crippen LogP contribution < -0.4 is 5.32 Å². The Morgan fingerprint density at radius 1 is 1.20 bits per heavy atom. The van der Waals surface area contributed by atoms with Gasteiger partial charge in [0.05, 0.1) is 5.92 Å². The number of carbonyl (C=O) groups excluding carboxylic acids is 2. The van der Waals surface area contributed by atoms with Gasteiger partial charge in [-0.2, -0.15) is 0 Å². The molecule has 15 heavy (non-hydrogen) atoms. The summed E-state index contributed by atoms with van der Waals surface area (Å²) in [6.45, 7) is 0. The van der Waals surface area contributed by atoms with Crippen LogP contribution >= 0.6 is 0 Å². The van der Waals surface area contributed by atoms with Crippen LogP contribution in [-0.2, 0) is 9.53 Å². The van der Waals surface area contributed by atoms with Crippen molar-refractivity contribution in [3.8, 4) is 0 Å². The number of ether oxygens (including phenoxy) is 1. The predicted octanol–water partition coefficient (Wildman–Crippen LogP) is 2.17. The molecule has 0 unspecified atom stereocenters. The Morgan fingerprint density at radius 3 is 2.47 bits per heavy atom. The minimum atomic E-state index is -0.710. The van der Waals surface area contributed by atoms with Gasteiger partial charge in [-0.15, -0.1) is 0 Å². The number of anilines is 1. The summed E-state index contributed by atoms with van der Waals surface area (Å²) < 4.78 is 4.59. The zero-order valence-corrected chi connectivity index (χ0v) is 8.10. The van der Waals surface area contributed by atoms with Crippen molar-refractivity contribution < 1.29 is 14.3 Å². The van der Waals surface area contributed by atoms with Crippen molar-refractivity contribution in [2.45, 2.75) is 12.8 Å². The number of nitrogens with one attached hydrogen (secondary N) is 1. The molecule has 0 radical (unpaired) electrons. The van der Waals surface area contributed by atoms with Crippen LogP contribution in [0.25, 0.3) is 0 Å². The summed E-state index contributed by atoms with van der Waals surface area (Å²) in [4.78, 5) is 22.3. The Kier molecular flexibility index (Phi) is 2.67. The van der Waals surface area contributed by atoms with Gasteiger partial charge in [-0.05, 0) is 25.0 Å². The molecular weight excluding hydrogens is 194 g/mol. The van der Waals surface area contributed by atoms with E-state index in [2.05, 4.69) is 10.1 Å². The molecule has 0 saturated heterocycles. The molecule has 1 amide bonds. The van der Waals surface area contributed by atoms with Gasteiger partial charge in [0.2, 0.25) is 0 Å². The molecule has 4 heteroatoms. The monoisotopic (exact) mass is 205 g/mol. The Balaban J connectivity index is 1.84. The molecule has 1 aromatic rings. The number of hydrogen-bond donors (Lipinski definition) is 1. The van der Waals surface area contributed by atoms with Crippen LogP contribution in [0.2, 0.25) is 0 Å². The molecule has 2 rings (SSSR count). The Hall–Kier alpha value is -1.84. The summed E-state index contributed by atoms with van der Waals surface area (Å²) in [7, 11) is 0. The van der Waals surface area contributed by atoms with Gasteiger partial charge < -0.3 is 4.74 Å². The van der Waals surface area contributed by atoms with Crippen LogP contribution in [0.15, 0.2) is 30.3 Å². The fraction of sp³-hybridized carbons (Fsp3) is 0.273. The fourth-order valence-electron chi connectivity index (χ4n) is 1.16. The van der Waals surface area contributed by atoms with E-state index in [-0.39, 0.29) is 5.92 Å². The molecule has 1 N–H and O–H groups in total. The highest BCUT2D eigenvalue weighted by molar-refractivity contribution is 5.94. The Morgan fingerprint density at radius 2 is 1.87 bits per heavy atom. The van der Waals surface area contributed by atoms with Gasteiger partial charge >= 0.3 is 12.1 Å². The van der Waals surface area contributed by atoms with Crippen molar-refractivity contribution in [1.82, 2.24) is 0 Å². The van der Waals surface area contributed by atoms with Crippen molar-refractivity contribution >= 4 is 17.7 Å². The molecule has 0 bridgehead atoms. The highest BCUT2D eigenvalue weighted by Gasteiger charge is 2.32. The second-order valence-electron chi connectivity index (χ2n) is 3.47. The summed E-state index contributed by atoms with van der Waals surface area (Å²) >= 11 is 0. The lowest BCUT2D eigenvalue weighted by Gasteiger charge is -2.04. The first-order chi connectivity index (χ1) is 7.25. The van der Waals surface area contributed by atoms with E-state index in [0.29, 0.717) is 5.69 Å². The lowest BCUT2D eigenvalue weighted by molar-refractivity contribution is -0.138. The number of amides is 1. The quantitative estimate of drug-likeness (QED) is 0.594. The first-order valence-corrected chi connectivity index (χ1v) is 4.83. The summed E-state index contributed by atoms with van der Waals surface area (Å²) in [5.74, 6) is -0.491. The average molecular weight is 205 g/mol. The van der Waals surface area contributed by atoms with Crippen molar-refractivity contribution in [2.75, 3.05) is 5.32 Å². The van der Waals surface area contributed by atoms with Crippen molar-refractivity contribution in [3.05, 3.63) is 30.3 Å². The van der Waals surface area contributed by atoms with Gasteiger partial charge in [0.25, 0.3) is 0 Å². The molecule has 1 aliphatic rings. The third-order valence-electron chi connectivity index (χ3n) is 2.12. The van der Waals surface area contributed by atoms with Crippen LogP contribution in [0.5, 0.6) is 0 Å². The molecule has 0 aliphatic heterocycles. The van der Waals surface area contributed by atoms with Gasteiger partial charge in [0, 0.05) is 5.69 Å². The lowest BCUT2D eigenvalue weighted by Crippen LogP contribution is -2.19. The topological polar surface area (TPSA) is 55.4 Å². The van der Waals surface area contributed by atoms with Crippen LogP contribution in [-0.4, -0.2) is 12.1 Å². The molecule has 1 fully saturated rings. The highest BCUT2D eigenvalue weighted by Crippen LogP contribution is 2.30. The number of hydrogen-bond acceptors (Lipinski definition) is 3.